The van der Waals surface area contributed by atoms with E-state index in [0.717, 1.165) is 0 Å². The molecule has 6 heteroatoms. The summed E-state index contributed by atoms with van der Waals surface area (Å²) in [6.07, 6.45) is 0. The average molecular weight is 274 g/mol. The number of benzene rings is 2. The summed E-state index contributed by atoms with van der Waals surface area (Å²) in [6.45, 7) is 0. The van der Waals surface area contributed by atoms with E-state index in [1.165, 1.54) is 6.07 Å². The van der Waals surface area contributed by atoms with Crippen molar-refractivity contribution in [2.75, 3.05) is 0 Å². The van der Waals surface area contributed by atoms with Crippen LogP contribution >= 0.6 is 0 Å². The number of primary sulfonamides is 1. The zero-order chi connectivity index (χ0) is 13.5. The van der Waals surface area contributed by atoms with Crippen molar-refractivity contribution in [2.45, 2.75) is 4.90 Å². The number of hydrogen-bond acceptors (Lipinski definition) is 4. The van der Waals surface area contributed by atoms with Gasteiger partial charge in [-0.25, -0.2) is 18.5 Å². The molecule has 0 fully saturated rings. The highest BCUT2D eigenvalue weighted by Gasteiger charge is 2.18. The van der Waals surface area contributed by atoms with Gasteiger partial charge in [-0.1, -0.05) is 24.3 Å². The molecule has 0 spiro atoms. The van der Waals surface area contributed by atoms with Gasteiger partial charge in [-0.2, -0.15) is 0 Å². The van der Waals surface area contributed by atoms with E-state index in [2.05, 4.69) is 4.98 Å². The highest BCUT2D eigenvalue weighted by atomic mass is 32.2. The minimum atomic E-state index is -3.82. The van der Waals surface area contributed by atoms with Crippen molar-refractivity contribution in [2.24, 2.45) is 5.14 Å². The highest BCUT2D eigenvalue weighted by Crippen LogP contribution is 2.28. The molecule has 0 amide bonds. The van der Waals surface area contributed by atoms with Gasteiger partial charge in [0.1, 0.15) is 5.52 Å². The van der Waals surface area contributed by atoms with Crippen molar-refractivity contribution in [3.05, 3.63) is 48.5 Å². The van der Waals surface area contributed by atoms with E-state index in [-0.39, 0.29) is 10.8 Å². The van der Waals surface area contributed by atoms with Crippen LogP contribution in [0.1, 0.15) is 0 Å². The zero-order valence-corrected chi connectivity index (χ0v) is 10.6. The van der Waals surface area contributed by atoms with Gasteiger partial charge >= 0.3 is 0 Å². The van der Waals surface area contributed by atoms with Crippen LogP contribution in [0.5, 0.6) is 0 Å². The van der Waals surface area contributed by atoms with E-state index in [1.54, 1.807) is 30.3 Å². The lowest BCUT2D eigenvalue weighted by Gasteiger charge is -2.02. The molecule has 0 bridgehead atoms. The Hall–Kier alpha value is -2.18. The molecule has 0 aliphatic heterocycles. The second-order valence-corrected chi connectivity index (χ2v) is 5.56. The van der Waals surface area contributed by atoms with Gasteiger partial charge in [0.25, 0.3) is 0 Å². The Kier molecular flexibility index (Phi) is 2.62. The van der Waals surface area contributed by atoms with Gasteiger partial charge in [0.2, 0.25) is 15.9 Å². The maximum atomic E-state index is 11.6. The fraction of sp³-hybridized carbons (Fsp3) is 0. The van der Waals surface area contributed by atoms with Crippen LogP contribution in [0.2, 0.25) is 0 Å². The smallest absolute Gasteiger partial charge is 0.238 e. The molecule has 0 saturated heterocycles. The van der Waals surface area contributed by atoms with E-state index in [0.29, 0.717) is 16.7 Å². The highest BCUT2D eigenvalue weighted by molar-refractivity contribution is 7.89. The molecule has 0 radical (unpaired) electrons. The molecule has 0 aliphatic rings. The third kappa shape index (κ3) is 2.11. The number of oxazole rings is 1. The van der Waals surface area contributed by atoms with Crippen LogP contribution in [0.3, 0.4) is 0 Å². The van der Waals surface area contributed by atoms with E-state index in [9.17, 15) is 8.42 Å². The molecule has 2 aromatic carbocycles. The number of rotatable bonds is 2. The first-order valence-electron chi connectivity index (χ1n) is 5.53. The summed E-state index contributed by atoms with van der Waals surface area (Å²) in [5.41, 5.74) is 1.63. The number of hydrogen-bond donors (Lipinski definition) is 1. The van der Waals surface area contributed by atoms with Crippen LogP contribution < -0.4 is 5.14 Å². The second-order valence-electron chi connectivity index (χ2n) is 4.03. The number of nitrogens with zero attached hydrogens (tertiary/aromatic N) is 1. The van der Waals surface area contributed by atoms with Crippen molar-refractivity contribution < 1.29 is 12.8 Å². The number of para-hydroxylation sites is 2. The standard InChI is InChI=1S/C13H10N2O3S/c14-19(16,17)12-8-4-1-5-9(12)13-15-10-6-2-3-7-11(10)18-13/h1-8H,(H2,14,16,17). The van der Waals surface area contributed by atoms with Crippen molar-refractivity contribution in [3.8, 4) is 11.5 Å². The number of sulfonamides is 1. The number of aromatic nitrogens is 1. The molecule has 0 aliphatic carbocycles. The van der Waals surface area contributed by atoms with Crippen LogP contribution in [0.15, 0.2) is 57.8 Å². The summed E-state index contributed by atoms with van der Waals surface area (Å²) in [5.74, 6) is 0.242. The van der Waals surface area contributed by atoms with Gasteiger partial charge in [0, 0.05) is 0 Å². The maximum Gasteiger partial charge on any atom is 0.238 e. The van der Waals surface area contributed by atoms with Gasteiger partial charge < -0.3 is 4.42 Å². The first-order valence-corrected chi connectivity index (χ1v) is 7.08. The van der Waals surface area contributed by atoms with Crippen molar-refractivity contribution >= 4 is 21.1 Å². The van der Waals surface area contributed by atoms with E-state index >= 15 is 0 Å². The summed E-state index contributed by atoms with van der Waals surface area (Å²) < 4.78 is 28.7. The van der Waals surface area contributed by atoms with Crippen LogP contribution in [-0.2, 0) is 10.0 Å². The molecule has 5 nitrogen and oxygen atoms in total. The van der Waals surface area contributed by atoms with Crippen molar-refractivity contribution in [1.82, 2.24) is 4.98 Å². The van der Waals surface area contributed by atoms with E-state index in [1.807, 2.05) is 12.1 Å². The molecule has 0 saturated carbocycles. The number of nitrogens with two attached hydrogens (primary N) is 1. The fourth-order valence-corrected chi connectivity index (χ4v) is 2.61. The lowest BCUT2D eigenvalue weighted by molar-refractivity contribution is 0.594. The predicted octanol–water partition coefficient (Wildman–Crippen LogP) is 2.14. The van der Waals surface area contributed by atoms with Crippen LogP contribution in [0, 0.1) is 0 Å². The Morgan fingerprint density at radius 1 is 1.00 bits per heavy atom. The summed E-state index contributed by atoms with van der Waals surface area (Å²) in [6, 6.07) is 13.6. The Morgan fingerprint density at radius 2 is 1.68 bits per heavy atom. The molecule has 0 unspecified atom stereocenters. The Morgan fingerprint density at radius 3 is 2.42 bits per heavy atom. The molecule has 96 valence electrons. The molecule has 3 aromatic rings. The summed E-state index contributed by atoms with van der Waals surface area (Å²) in [5, 5.41) is 5.19. The largest absolute Gasteiger partial charge is 0.436 e. The van der Waals surface area contributed by atoms with Crippen LogP contribution in [0.4, 0.5) is 0 Å². The topological polar surface area (TPSA) is 86.2 Å². The third-order valence-corrected chi connectivity index (χ3v) is 3.69. The van der Waals surface area contributed by atoms with Gasteiger partial charge in [-0.3, -0.25) is 0 Å². The lowest BCUT2D eigenvalue weighted by Crippen LogP contribution is -2.13. The predicted molar refractivity (Wildman–Crippen MR) is 70.8 cm³/mol. The van der Waals surface area contributed by atoms with Crippen molar-refractivity contribution in [1.29, 1.82) is 0 Å². The molecule has 0 atom stereocenters. The van der Waals surface area contributed by atoms with Crippen LogP contribution in [-0.4, -0.2) is 13.4 Å². The molecular formula is C13H10N2O3S. The summed E-state index contributed by atoms with van der Waals surface area (Å²) in [4.78, 5) is 4.27. The van der Waals surface area contributed by atoms with E-state index < -0.39 is 10.0 Å². The van der Waals surface area contributed by atoms with Gasteiger partial charge in [-0.15, -0.1) is 0 Å². The monoisotopic (exact) mass is 274 g/mol. The maximum absolute atomic E-state index is 11.6. The normalized spacial score (nSPS) is 11.8. The average Bonchev–Trinajstić information content (AvgIpc) is 2.81. The minimum Gasteiger partial charge on any atom is -0.436 e. The molecule has 2 N–H and O–H groups in total. The van der Waals surface area contributed by atoms with Gasteiger partial charge in [0.15, 0.2) is 5.58 Å². The minimum absolute atomic E-state index is 0.00144. The molecule has 19 heavy (non-hydrogen) atoms. The molecule has 1 heterocycles. The Bertz CT molecular complexity index is 820. The second kappa shape index (κ2) is 4.18. The Balaban J connectivity index is 2.27. The van der Waals surface area contributed by atoms with Gasteiger partial charge in [0.05, 0.1) is 10.5 Å². The number of fused-ring (bicyclic) bond motifs is 1. The summed E-state index contributed by atoms with van der Waals surface area (Å²) in [7, 11) is -3.82. The molecule has 1 aromatic heterocycles. The fourth-order valence-electron chi connectivity index (χ4n) is 1.88. The van der Waals surface area contributed by atoms with E-state index in [4.69, 9.17) is 9.56 Å². The molecule has 3 rings (SSSR count). The van der Waals surface area contributed by atoms with Crippen molar-refractivity contribution in [3.63, 3.8) is 0 Å². The Labute approximate surface area is 109 Å². The first-order chi connectivity index (χ1) is 9.05. The van der Waals surface area contributed by atoms with Crippen LogP contribution in [0.25, 0.3) is 22.6 Å². The first kappa shape index (κ1) is 11.9. The lowest BCUT2D eigenvalue weighted by atomic mass is 10.2. The van der Waals surface area contributed by atoms with Gasteiger partial charge in [-0.05, 0) is 24.3 Å². The quantitative estimate of drug-likeness (QED) is 0.775. The SMILES string of the molecule is NS(=O)(=O)c1ccccc1-c1nc2ccccc2o1. The molecular weight excluding hydrogens is 264 g/mol. The zero-order valence-electron chi connectivity index (χ0n) is 9.78. The summed E-state index contributed by atoms with van der Waals surface area (Å²) >= 11 is 0. The third-order valence-electron chi connectivity index (χ3n) is 2.72.